The van der Waals surface area contributed by atoms with Crippen LogP contribution in [0, 0.1) is 12.3 Å². The third-order valence-corrected chi connectivity index (χ3v) is 5.90. The molecule has 0 saturated carbocycles. The van der Waals surface area contributed by atoms with E-state index >= 15 is 0 Å². The summed E-state index contributed by atoms with van der Waals surface area (Å²) in [5.41, 5.74) is 1.61. The summed E-state index contributed by atoms with van der Waals surface area (Å²) in [5, 5.41) is 2.58. The van der Waals surface area contributed by atoms with Crippen LogP contribution >= 0.6 is 11.6 Å². The van der Waals surface area contributed by atoms with Crippen molar-refractivity contribution in [1.82, 2.24) is 9.97 Å². The lowest BCUT2D eigenvalue weighted by atomic mass is 9.99. The van der Waals surface area contributed by atoms with Gasteiger partial charge in [0.25, 0.3) is 5.91 Å². The van der Waals surface area contributed by atoms with Crippen molar-refractivity contribution in [1.29, 1.82) is 0 Å². The van der Waals surface area contributed by atoms with Crippen LogP contribution < -0.4 is 10.1 Å². The van der Waals surface area contributed by atoms with Gasteiger partial charge >= 0.3 is 6.18 Å². The summed E-state index contributed by atoms with van der Waals surface area (Å²) in [5.74, 6) is 2.25. The molecule has 1 heterocycles. The van der Waals surface area contributed by atoms with Gasteiger partial charge in [-0.05, 0) is 47.9 Å². The molecule has 1 aromatic heterocycles. The number of carbonyl (C=O) groups excluding carboxylic acids is 1. The summed E-state index contributed by atoms with van der Waals surface area (Å²) in [6.07, 6.45) is 0.618. The van der Waals surface area contributed by atoms with E-state index in [-0.39, 0.29) is 18.1 Å². The number of hydrogen-bond donors (Lipinski definition) is 1. The maximum atomic E-state index is 13.2. The zero-order valence-electron chi connectivity index (χ0n) is 19.9. The molecule has 0 aliphatic rings. The highest BCUT2D eigenvalue weighted by Crippen LogP contribution is 2.36. The number of amides is 1. The van der Waals surface area contributed by atoms with E-state index < -0.39 is 22.7 Å². The minimum atomic E-state index is -4.67. The molecule has 0 radical (unpaired) electrons. The van der Waals surface area contributed by atoms with Crippen LogP contribution in [-0.2, 0) is 6.18 Å². The molecule has 0 bridgehead atoms. The van der Waals surface area contributed by atoms with Crippen LogP contribution in [0.1, 0.15) is 41.5 Å². The molecular weight excluding hydrogens is 503 g/mol. The molecule has 1 amide bonds. The fourth-order valence-corrected chi connectivity index (χ4v) is 3.90. The van der Waals surface area contributed by atoms with Gasteiger partial charge in [-0.25, -0.2) is 9.97 Å². The van der Waals surface area contributed by atoms with E-state index in [1.54, 1.807) is 18.2 Å². The Morgan fingerprint density at radius 1 is 1.08 bits per heavy atom. The van der Waals surface area contributed by atoms with Gasteiger partial charge in [0.05, 0.1) is 21.8 Å². The average Bonchev–Trinajstić information content (AvgIpc) is 2.87. The van der Waals surface area contributed by atoms with E-state index in [1.807, 2.05) is 24.3 Å². The molecule has 3 aromatic carbocycles. The summed E-state index contributed by atoms with van der Waals surface area (Å²) >= 11 is 5.68. The second kappa shape index (κ2) is 10.5. The molecule has 0 aliphatic heterocycles. The molecule has 0 unspecified atom stereocenters. The van der Waals surface area contributed by atoms with Crippen molar-refractivity contribution in [2.75, 3.05) is 11.9 Å². The summed E-state index contributed by atoms with van der Waals surface area (Å²) < 4.78 is 45.3. The Bertz CT molecular complexity index is 1510. The number of nitrogens with one attached hydrogen (secondary N) is 1. The van der Waals surface area contributed by atoms with E-state index in [4.69, 9.17) is 22.8 Å². The van der Waals surface area contributed by atoms with Gasteiger partial charge in [0.2, 0.25) is 5.82 Å². The summed E-state index contributed by atoms with van der Waals surface area (Å²) in [6.45, 7) is 4.23. The molecule has 0 atom stereocenters. The maximum Gasteiger partial charge on any atom is 0.417 e. The normalized spacial score (nSPS) is 11.4. The van der Waals surface area contributed by atoms with E-state index in [0.29, 0.717) is 28.3 Å². The fourth-order valence-electron chi connectivity index (χ4n) is 3.68. The lowest BCUT2D eigenvalue weighted by Crippen LogP contribution is -2.17. The van der Waals surface area contributed by atoms with Crippen molar-refractivity contribution >= 4 is 34.1 Å². The van der Waals surface area contributed by atoms with Crippen molar-refractivity contribution in [2.24, 2.45) is 0 Å². The number of aromatic nitrogens is 2. The number of hydrogen-bond acceptors (Lipinski definition) is 4. The highest BCUT2D eigenvalue weighted by Gasteiger charge is 2.33. The smallest absolute Gasteiger partial charge is 0.417 e. The van der Waals surface area contributed by atoms with Crippen molar-refractivity contribution in [3.05, 3.63) is 82.6 Å². The quantitative estimate of drug-likeness (QED) is 0.268. The number of ether oxygens (including phenoxy) is 1. The Balaban J connectivity index is 1.78. The number of rotatable bonds is 6. The molecule has 1 N–H and O–H groups in total. The van der Waals surface area contributed by atoms with Crippen molar-refractivity contribution in [3.63, 3.8) is 0 Å². The van der Waals surface area contributed by atoms with Crippen molar-refractivity contribution in [2.45, 2.75) is 25.9 Å². The maximum absolute atomic E-state index is 13.2. The van der Waals surface area contributed by atoms with E-state index in [2.05, 4.69) is 35.1 Å². The van der Waals surface area contributed by atoms with Crippen LogP contribution in [0.3, 0.4) is 0 Å². The van der Waals surface area contributed by atoms with Gasteiger partial charge in [0.15, 0.2) is 0 Å². The standard InChI is InChI=1S/C28H21ClF3N3O2/c1-4-13-37-20-10-12-24-21(15-20)25(18-7-5-17(6-8-18)16(2)3)35-26(34-24)27(36)33-19-9-11-23(29)22(14-19)28(30,31)32/h1,5-12,14-16H,13H2,2-3H3,(H,33,36). The van der Waals surface area contributed by atoms with Crippen molar-refractivity contribution in [3.8, 4) is 29.4 Å². The Morgan fingerprint density at radius 2 is 1.81 bits per heavy atom. The van der Waals surface area contributed by atoms with Gasteiger partial charge in [-0.15, -0.1) is 6.42 Å². The Hall–Kier alpha value is -4.09. The van der Waals surface area contributed by atoms with Crippen LogP contribution in [0.15, 0.2) is 60.7 Å². The second-order valence-corrected chi connectivity index (χ2v) is 8.90. The molecule has 0 spiro atoms. The summed E-state index contributed by atoms with van der Waals surface area (Å²) in [7, 11) is 0. The monoisotopic (exact) mass is 523 g/mol. The minimum Gasteiger partial charge on any atom is -0.481 e. The third-order valence-electron chi connectivity index (χ3n) is 5.57. The van der Waals surface area contributed by atoms with Crippen LogP contribution in [0.4, 0.5) is 18.9 Å². The number of nitrogens with zero attached hydrogens (tertiary/aromatic N) is 2. The first kappa shape index (κ1) is 26.0. The van der Waals surface area contributed by atoms with E-state index in [9.17, 15) is 18.0 Å². The average molecular weight is 524 g/mol. The van der Waals surface area contributed by atoms with Crippen LogP contribution in [0.5, 0.6) is 5.75 Å². The van der Waals surface area contributed by atoms with Gasteiger partial charge in [-0.2, -0.15) is 13.2 Å². The second-order valence-electron chi connectivity index (χ2n) is 8.49. The first-order valence-corrected chi connectivity index (χ1v) is 11.6. The molecule has 0 aliphatic carbocycles. The molecule has 188 valence electrons. The summed E-state index contributed by atoms with van der Waals surface area (Å²) in [6, 6.07) is 15.9. The molecule has 5 nitrogen and oxygen atoms in total. The molecule has 4 rings (SSSR count). The van der Waals surface area contributed by atoms with Gasteiger partial charge in [0.1, 0.15) is 12.4 Å². The molecule has 9 heteroatoms. The van der Waals surface area contributed by atoms with Crippen LogP contribution in [0.2, 0.25) is 5.02 Å². The SMILES string of the molecule is C#CCOc1ccc2nc(C(=O)Nc3ccc(Cl)c(C(F)(F)F)c3)nc(-c3ccc(C(C)C)cc3)c2c1. The zero-order valence-corrected chi connectivity index (χ0v) is 20.6. The van der Waals surface area contributed by atoms with Crippen LogP contribution in [0.25, 0.3) is 22.2 Å². The largest absolute Gasteiger partial charge is 0.481 e. The zero-order chi connectivity index (χ0) is 26.7. The van der Waals surface area contributed by atoms with E-state index in [0.717, 1.165) is 23.3 Å². The number of fused-ring (bicyclic) bond motifs is 1. The number of terminal acetylenes is 1. The van der Waals surface area contributed by atoms with Gasteiger partial charge in [-0.3, -0.25) is 4.79 Å². The number of benzene rings is 3. The van der Waals surface area contributed by atoms with Gasteiger partial charge < -0.3 is 10.1 Å². The highest BCUT2D eigenvalue weighted by molar-refractivity contribution is 6.31. The van der Waals surface area contributed by atoms with Gasteiger partial charge in [0, 0.05) is 16.6 Å². The Labute approximate surface area is 216 Å². The molecule has 0 saturated heterocycles. The third kappa shape index (κ3) is 5.84. The van der Waals surface area contributed by atoms with Crippen molar-refractivity contribution < 1.29 is 22.7 Å². The molecule has 4 aromatic rings. The predicted molar refractivity (Wildman–Crippen MR) is 138 cm³/mol. The summed E-state index contributed by atoms with van der Waals surface area (Å²) in [4.78, 5) is 21.9. The topological polar surface area (TPSA) is 64.1 Å². The van der Waals surface area contributed by atoms with E-state index in [1.165, 1.54) is 6.07 Å². The predicted octanol–water partition coefficient (Wildman–Crippen LogP) is 7.36. The lowest BCUT2D eigenvalue weighted by molar-refractivity contribution is -0.137. The number of anilines is 1. The Morgan fingerprint density at radius 3 is 2.46 bits per heavy atom. The number of carbonyl (C=O) groups is 1. The fraction of sp³-hybridized carbons (Fsp3) is 0.179. The van der Waals surface area contributed by atoms with Gasteiger partial charge in [-0.1, -0.05) is 55.6 Å². The molecular formula is C28H21ClF3N3O2. The Kier molecular flexibility index (Phi) is 7.37. The molecule has 0 fully saturated rings. The number of alkyl halides is 3. The first-order chi connectivity index (χ1) is 17.6. The van der Waals surface area contributed by atoms with Crippen LogP contribution in [-0.4, -0.2) is 22.5 Å². The highest BCUT2D eigenvalue weighted by atomic mass is 35.5. The molecule has 37 heavy (non-hydrogen) atoms. The lowest BCUT2D eigenvalue weighted by Gasteiger charge is -2.13. The number of halogens is 4. The first-order valence-electron chi connectivity index (χ1n) is 11.2. The minimum absolute atomic E-state index is 0.0757.